The summed E-state index contributed by atoms with van der Waals surface area (Å²) in [4.78, 5) is 23.2. The third-order valence-corrected chi connectivity index (χ3v) is 6.76. The monoisotopic (exact) mass is 339 g/mol. The first-order chi connectivity index (χ1) is 10.9. The summed E-state index contributed by atoms with van der Waals surface area (Å²) in [5, 5.41) is 11.2. The van der Waals surface area contributed by atoms with Crippen molar-refractivity contribution in [2.45, 2.75) is 48.2 Å². The van der Waals surface area contributed by atoms with Crippen LogP contribution in [-0.2, 0) is 19.4 Å². The van der Waals surface area contributed by atoms with Crippen molar-refractivity contribution in [3.05, 3.63) is 30.3 Å². The largest absolute Gasteiger partial charge is 0.481 e. The van der Waals surface area contributed by atoms with Gasteiger partial charge in [-0.25, -0.2) is 8.42 Å². The minimum atomic E-state index is -3.78. The molecule has 23 heavy (non-hydrogen) atoms. The molecular weight excluding hydrogens is 318 g/mol. The van der Waals surface area contributed by atoms with E-state index in [4.69, 9.17) is 5.11 Å². The van der Waals surface area contributed by atoms with Gasteiger partial charge < -0.3 is 10.4 Å². The standard InChI is InChI=1S/C16H21NO5S/c18-14(19)9-6-12-17-15(20)16(10-4-5-11-16)23(21,22)13-7-2-1-3-8-13/h1-3,7-8H,4-6,9-12H2,(H,17,20)(H,18,19). The third kappa shape index (κ3) is 3.55. The molecule has 126 valence electrons. The van der Waals surface area contributed by atoms with E-state index in [0.29, 0.717) is 25.7 Å². The lowest BCUT2D eigenvalue weighted by Crippen LogP contribution is -2.50. The molecule has 6 nitrogen and oxygen atoms in total. The normalized spacial score (nSPS) is 16.9. The summed E-state index contributed by atoms with van der Waals surface area (Å²) < 4.78 is 24.5. The summed E-state index contributed by atoms with van der Waals surface area (Å²) in [5.41, 5.74) is 0. The van der Waals surface area contributed by atoms with Crippen LogP contribution in [0.5, 0.6) is 0 Å². The molecule has 0 atom stereocenters. The number of sulfone groups is 1. The van der Waals surface area contributed by atoms with Gasteiger partial charge in [-0.05, 0) is 31.4 Å². The number of carboxylic acid groups (broad SMARTS) is 1. The highest BCUT2D eigenvalue weighted by Gasteiger charge is 2.52. The number of hydrogen-bond donors (Lipinski definition) is 2. The van der Waals surface area contributed by atoms with E-state index >= 15 is 0 Å². The molecule has 1 aliphatic carbocycles. The average molecular weight is 339 g/mol. The number of carbonyl (C=O) groups excluding carboxylic acids is 1. The Morgan fingerprint density at radius 2 is 1.74 bits per heavy atom. The van der Waals surface area contributed by atoms with Crippen LogP contribution in [0.3, 0.4) is 0 Å². The van der Waals surface area contributed by atoms with Gasteiger partial charge in [0.2, 0.25) is 5.91 Å². The van der Waals surface area contributed by atoms with E-state index in [0.717, 1.165) is 0 Å². The van der Waals surface area contributed by atoms with Gasteiger partial charge in [0.15, 0.2) is 14.6 Å². The fraction of sp³-hybridized carbons (Fsp3) is 0.500. The van der Waals surface area contributed by atoms with E-state index in [2.05, 4.69) is 5.32 Å². The smallest absolute Gasteiger partial charge is 0.303 e. The van der Waals surface area contributed by atoms with Crippen molar-refractivity contribution in [3.63, 3.8) is 0 Å². The Morgan fingerprint density at radius 1 is 1.13 bits per heavy atom. The fourth-order valence-corrected chi connectivity index (χ4v) is 5.10. The number of rotatable bonds is 7. The molecule has 0 radical (unpaired) electrons. The van der Waals surface area contributed by atoms with Crippen molar-refractivity contribution in [2.75, 3.05) is 6.54 Å². The average Bonchev–Trinajstić information content (AvgIpc) is 3.03. The predicted molar refractivity (Wildman–Crippen MR) is 84.7 cm³/mol. The maximum atomic E-state index is 13.0. The fourth-order valence-electron chi connectivity index (χ4n) is 2.99. The number of benzene rings is 1. The quantitative estimate of drug-likeness (QED) is 0.737. The zero-order valence-corrected chi connectivity index (χ0v) is 13.6. The second-order valence-electron chi connectivity index (χ2n) is 5.77. The van der Waals surface area contributed by atoms with E-state index in [1.165, 1.54) is 12.1 Å². The number of aliphatic carboxylic acids is 1. The van der Waals surface area contributed by atoms with Crippen LogP contribution in [0.1, 0.15) is 38.5 Å². The second kappa shape index (κ2) is 7.12. The van der Waals surface area contributed by atoms with Crippen molar-refractivity contribution in [2.24, 2.45) is 0 Å². The molecule has 1 fully saturated rings. The topological polar surface area (TPSA) is 101 Å². The lowest BCUT2D eigenvalue weighted by molar-refractivity contribution is -0.137. The molecular formula is C16H21NO5S. The van der Waals surface area contributed by atoms with Gasteiger partial charge >= 0.3 is 5.97 Å². The Labute approximate surface area is 135 Å². The first-order valence-electron chi connectivity index (χ1n) is 7.70. The predicted octanol–water partition coefficient (Wildman–Crippen LogP) is 1.75. The zero-order chi connectivity index (χ0) is 16.9. The van der Waals surface area contributed by atoms with Crippen molar-refractivity contribution in [3.8, 4) is 0 Å². The molecule has 2 N–H and O–H groups in total. The molecule has 2 rings (SSSR count). The molecule has 0 heterocycles. The first-order valence-corrected chi connectivity index (χ1v) is 9.18. The Balaban J connectivity index is 2.19. The van der Waals surface area contributed by atoms with Gasteiger partial charge in [0.05, 0.1) is 4.90 Å². The molecule has 1 saturated carbocycles. The van der Waals surface area contributed by atoms with Gasteiger partial charge in [0.25, 0.3) is 0 Å². The van der Waals surface area contributed by atoms with E-state index in [1.54, 1.807) is 18.2 Å². The van der Waals surface area contributed by atoms with E-state index in [-0.39, 0.29) is 24.3 Å². The minimum absolute atomic E-state index is 0.0568. The Hall–Kier alpha value is -1.89. The van der Waals surface area contributed by atoms with Gasteiger partial charge in [0, 0.05) is 13.0 Å². The number of carbonyl (C=O) groups is 2. The molecule has 1 aromatic carbocycles. The summed E-state index contributed by atoms with van der Waals surface area (Å²) >= 11 is 0. The molecule has 7 heteroatoms. The molecule has 0 bridgehead atoms. The minimum Gasteiger partial charge on any atom is -0.481 e. The summed E-state index contributed by atoms with van der Waals surface area (Å²) in [5.74, 6) is -1.45. The third-order valence-electron chi connectivity index (χ3n) is 4.25. The van der Waals surface area contributed by atoms with Crippen LogP contribution in [0.4, 0.5) is 0 Å². The van der Waals surface area contributed by atoms with Gasteiger partial charge in [0.1, 0.15) is 0 Å². The maximum Gasteiger partial charge on any atom is 0.303 e. The zero-order valence-electron chi connectivity index (χ0n) is 12.8. The van der Waals surface area contributed by atoms with Gasteiger partial charge in [-0.1, -0.05) is 31.0 Å². The van der Waals surface area contributed by atoms with Gasteiger partial charge in [-0.3, -0.25) is 9.59 Å². The SMILES string of the molecule is O=C(O)CCCNC(=O)C1(S(=O)(=O)c2ccccc2)CCCC1. The van der Waals surface area contributed by atoms with Crippen molar-refractivity contribution in [1.29, 1.82) is 0 Å². The summed E-state index contributed by atoms with van der Waals surface area (Å²) in [7, 11) is -3.78. The van der Waals surface area contributed by atoms with Crippen LogP contribution >= 0.6 is 0 Å². The van der Waals surface area contributed by atoms with E-state index in [1.807, 2.05) is 0 Å². The van der Waals surface area contributed by atoms with Gasteiger partial charge in [-0.15, -0.1) is 0 Å². The summed E-state index contributed by atoms with van der Waals surface area (Å²) in [6.07, 6.45) is 2.20. The van der Waals surface area contributed by atoms with Gasteiger partial charge in [-0.2, -0.15) is 0 Å². The van der Waals surface area contributed by atoms with Crippen LogP contribution in [0.2, 0.25) is 0 Å². The molecule has 1 aromatic rings. The van der Waals surface area contributed by atoms with E-state index in [9.17, 15) is 18.0 Å². The molecule has 0 saturated heterocycles. The highest BCUT2D eigenvalue weighted by Crippen LogP contribution is 2.40. The Kier molecular flexibility index (Phi) is 5.41. The molecule has 0 aliphatic heterocycles. The van der Waals surface area contributed by atoms with Crippen molar-refractivity contribution < 1.29 is 23.1 Å². The van der Waals surface area contributed by atoms with Crippen LogP contribution in [-0.4, -0.2) is 36.7 Å². The number of hydrogen-bond acceptors (Lipinski definition) is 4. The lowest BCUT2D eigenvalue weighted by atomic mass is 10.1. The molecule has 1 aliphatic rings. The van der Waals surface area contributed by atoms with Crippen LogP contribution in [0.25, 0.3) is 0 Å². The first kappa shape index (κ1) is 17.5. The summed E-state index contributed by atoms with van der Waals surface area (Å²) in [6, 6.07) is 8.02. The number of nitrogens with one attached hydrogen (secondary N) is 1. The number of amides is 1. The van der Waals surface area contributed by atoms with Crippen molar-refractivity contribution >= 4 is 21.7 Å². The molecule has 0 spiro atoms. The van der Waals surface area contributed by atoms with Crippen LogP contribution < -0.4 is 5.32 Å². The van der Waals surface area contributed by atoms with Crippen LogP contribution in [0.15, 0.2) is 35.2 Å². The number of carboxylic acids is 1. The summed E-state index contributed by atoms with van der Waals surface area (Å²) in [6.45, 7) is 0.164. The van der Waals surface area contributed by atoms with Crippen LogP contribution in [0, 0.1) is 0 Å². The van der Waals surface area contributed by atoms with E-state index < -0.39 is 26.5 Å². The Morgan fingerprint density at radius 3 is 2.30 bits per heavy atom. The maximum absolute atomic E-state index is 13.0. The lowest BCUT2D eigenvalue weighted by Gasteiger charge is -2.27. The highest BCUT2D eigenvalue weighted by atomic mass is 32.2. The second-order valence-corrected chi connectivity index (χ2v) is 8.03. The highest BCUT2D eigenvalue weighted by molar-refractivity contribution is 7.93. The molecule has 0 unspecified atom stereocenters. The van der Waals surface area contributed by atoms with Crippen molar-refractivity contribution in [1.82, 2.24) is 5.32 Å². The Bertz CT molecular complexity index is 663. The molecule has 1 amide bonds. The molecule has 0 aromatic heterocycles.